The lowest BCUT2D eigenvalue weighted by molar-refractivity contribution is -0.128. The van der Waals surface area contributed by atoms with Gasteiger partial charge in [0.1, 0.15) is 17.7 Å². The van der Waals surface area contributed by atoms with E-state index in [9.17, 15) is 14.4 Å². The summed E-state index contributed by atoms with van der Waals surface area (Å²) in [5, 5.41) is 6.16. The van der Waals surface area contributed by atoms with Crippen LogP contribution in [0.25, 0.3) is 10.9 Å². The van der Waals surface area contributed by atoms with Gasteiger partial charge in [0.2, 0.25) is 11.8 Å². The van der Waals surface area contributed by atoms with Crippen LogP contribution >= 0.6 is 0 Å². The summed E-state index contributed by atoms with van der Waals surface area (Å²) < 4.78 is 5.31. The number of para-hydroxylation sites is 1. The van der Waals surface area contributed by atoms with Gasteiger partial charge in [0.15, 0.2) is 5.96 Å². The van der Waals surface area contributed by atoms with Crippen molar-refractivity contribution in [2.75, 3.05) is 6.54 Å². The van der Waals surface area contributed by atoms with E-state index < -0.39 is 35.6 Å². The van der Waals surface area contributed by atoms with Crippen LogP contribution in [0.1, 0.15) is 39.2 Å². The van der Waals surface area contributed by atoms with Crippen molar-refractivity contribution in [3.8, 4) is 0 Å². The van der Waals surface area contributed by atoms with Crippen molar-refractivity contribution in [1.82, 2.24) is 15.6 Å². The summed E-state index contributed by atoms with van der Waals surface area (Å²) in [6, 6.07) is 5.66. The molecule has 0 saturated heterocycles. The first-order chi connectivity index (χ1) is 15.5. The number of benzene rings is 1. The Morgan fingerprint density at radius 1 is 1.09 bits per heavy atom. The van der Waals surface area contributed by atoms with Crippen molar-refractivity contribution in [2.24, 2.45) is 22.2 Å². The third-order valence-electron chi connectivity index (χ3n) is 4.71. The van der Waals surface area contributed by atoms with Gasteiger partial charge in [-0.3, -0.25) is 14.6 Å². The second kappa shape index (κ2) is 11.2. The number of amides is 3. The van der Waals surface area contributed by atoms with E-state index >= 15 is 0 Å². The molecule has 180 valence electrons. The molecule has 0 aliphatic heterocycles. The highest BCUT2D eigenvalue weighted by Gasteiger charge is 2.28. The normalized spacial score (nSPS) is 13.1. The number of hydrogen-bond acceptors (Lipinski definition) is 5. The first kappa shape index (κ1) is 25.5. The maximum absolute atomic E-state index is 13.1. The van der Waals surface area contributed by atoms with Crippen LogP contribution < -0.4 is 27.8 Å². The van der Waals surface area contributed by atoms with Gasteiger partial charge in [-0.25, -0.2) is 4.79 Å². The molecule has 0 fully saturated rings. The molecule has 0 saturated carbocycles. The highest BCUT2D eigenvalue weighted by Crippen LogP contribution is 2.19. The van der Waals surface area contributed by atoms with Crippen molar-refractivity contribution in [2.45, 2.75) is 57.7 Å². The molecule has 0 spiro atoms. The fraction of sp³-hybridized carbons (Fsp3) is 0.455. The molecule has 11 heteroatoms. The minimum absolute atomic E-state index is 0.0602. The van der Waals surface area contributed by atoms with Crippen molar-refractivity contribution in [3.63, 3.8) is 0 Å². The molecule has 3 amide bonds. The van der Waals surface area contributed by atoms with Gasteiger partial charge in [0.05, 0.1) is 0 Å². The van der Waals surface area contributed by atoms with Crippen LogP contribution in [0.4, 0.5) is 4.79 Å². The Hall–Kier alpha value is -3.76. The van der Waals surface area contributed by atoms with Crippen LogP contribution in [0.5, 0.6) is 0 Å². The number of nitrogens with two attached hydrogens (primary N) is 3. The zero-order valence-corrected chi connectivity index (χ0v) is 19.2. The Kier molecular flexibility index (Phi) is 8.66. The van der Waals surface area contributed by atoms with Gasteiger partial charge in [0, 0.05) is 30.1 Å². The average Bonchev–Trinajstić information content (AvgIpc) is 3.10. The molecular weight excluding hydrogens is 426 g/mol. The summed E-state index contributed by atoms with van der Waals surface area (Å²) in [5.41, 5.74) is 17.0. The molecule has 1 heterocycles. The monoisotopic (exact) mass is 459 g/mol. The molecule has 1 aromatic carbocycles. The van der Waals surface area contributed by atoms with Gasteiger partial charge < -0.3 is 37.6 Å². The SMILES string of the molecule is CC(C)(C)OC(=O)NC(Cc1c[nH]c2ccccc12)C(=O)NC(CCCN=C(N)N)C(N)=O. The Balaban J connectivity index is 2.17. The smallest absolute Gasteiger partial charge is 0.408 e. The molecule has 0 aliphatic carbocycles. The number of nitrogens with one attached hydrogen (secondary N) is 3. The van der Waals surface area contributed by atoms with Gasteiger partial charge in [-0.05, 0) is 45.2 Å². The number of nitrogens with zero attached hydrogens (tertiary/aromatic N) is 1. The van der Waals surface area contributed by atoms with Crippen LogP contribution in [0.15, 0.2) is 35.5 Å². The van der Waals surface area contributed by atoms with Crippen molar-refractivity contribution in [3.05, 3.63) is 36.0 Å². The first-order valence-electron chi connectivity index (χ1n) is 10.7. The maximum atomic E-state index is 13.1. The molecule has 2 aromatic rings. The second-order valence-corrected chi connectivity index (χ2v) is 8.67. The summed E-state index contributed by atoms with van der Waals surface area (Å²) >= 11 is 0. The molecule has 33 heavy (non-hydrogen) atoms. The molecule has 9 N–H and O–H groups in total. The Labute approximate surface area is 192 Å². The number of ether oxygens (including phenoxy) is 1. The Bertz CT molecular complexity index is 1010. The number of primary amides is 1. The molecule has 2 atom stereocenters. The first-order valence-corrected chi connectivity index (χ1v) is 10.7. The van der Waals surface area contributed by atoms with Gasteiger partial charge in [-0.1, -0.05) is 18.2 Å². The van der Waals surface area contributed by atoms with Gasteiger partial charge in [-0.2, -0.15) is 0 Å². The Morgan fingerprint density at radius 3 is 2.42 bits per heavy atom. The third-order valence-corrected chi connectivity index (χ3v) is 4.71. The van der Waals surface area contributed by atoms with Crippen molar-refractivity contribution < 1.29 is 19.1 Å². The number of H-pyrrole nitrogens is 1. The number of aromatic amines is 1. The molecule has 2 unspecified atom stereocenters. The number of alkyl carbamates (subject to hydrolysis) is 1. The van der Waals surface area contributed by atoms with Gasteiger partial charge >= 0.3 is 6.09 Å². The number of aliphatic imine (C=N–C) groups is 1. The summed E-state index contributed by atoms with van der Waals surface area (Å²) in [7, 11) is 0. The van der Waals surface area contributed by atoms with E-state index in [1.807, 2.05) is 24.3 Å². The third kappa shape index (κ3) is 8.36. The fourth-order valence-corrected chi connectivity index (χ4v) is 3.24. The van der Waals surface area contributed by atoms with Crippen molar-refractivity contribution in [1.29, 1.82) is 0 Å². The lowest BCUT2D eigenvalue weighted by atomic mass is 10.0. The Morgan fingerprint density at radius 2 is 1.79 bits per heavy atom. The lowest BCUT2D eigenvalue weighted by Gasteiger charge is -2.24. The van der Waals surface area contributed by atoms with E-state index in [1.54, 1.807) is 27.0 Å². The van der Waals surface area contributed by atoms with E-state index in [1.165, 1.54) is 0 Å². The van der Waals surface area contributed by atoms with Crippen LogP contribution in [0.2, 0.25) is 0 Å². The molecule has 0 aliphatic rings. The second-order valence-electron chi connectivity index (χ2n) is 8.67. The highest BCUT2D eigenvalue weighted by atomic mass is 16.6. The summed E-state index contributed by atoms with van der Waals surface area (Å²) in [6.07, 6.45) is 1.88. The molecular formula is C22H33N7O4. The topological polar surface area (TPSA) is 191 Å². The predicted molar refractivity (Wildman–Crippen MR) is 126 cm³/mol. The van der Waals surface area contributed by atoms with Crippen LogP contribution in [-0.2, 0) is 20.7 Å². The molecule has 0 radical (unpaired) electrons. The van der Waals surface area contributed by atoms with E-state index in [0.717, 1.165) is 16.5 Å². The predicted octanol–water partition coefficient (Wildman–Crippen LogP) is 0.627. The molecule has 1 aromatic heterocycles. The standard InChI is InChI=1S/C22H33N7O4/c1-22(2,3)33-21(32)29-17(11-13-12-27-15-8-5-4-7-14(13)15)19(31)28-16(18(23)30)9-6-10-26-20(24)25/h4-5,7-8,12,16-17,27H,6,9-11H2,1-3H3,(H2,23,30)(H,28,31)(H,29,32)(H4,24,25,26). The summed E-state index contributed by atoms with van der Waals surface area (Å²) in [4.78, 5) is 44.4. The van der Waals surface area contributed by atoms with E-state index in [0.29, 0.717) is 6.42 Å². The summed E-state index contributed by atoms with van der Waals surface area (Å²) in [5.74, 6) is -1.32. The molecule has 2 rings (SSSR count). The zero-order chi connectivity index (χ0) is 24.6. The lowest BCUT2D eigenvalue weighted by Crippen LogP contribution is -2.54. The summed E-state index contributed by atoms with van der Waals surface area (Å²) in [6.45, 7) is 5.46. The van der Waals surface area contributed by atoms with E-state index in [-0.39, 0.29) is 25.3 Å². The number of carbonyl (C=O) groups is 3. The largest absolute Gasteiger partial charge is 0.444 e. The van der Waals surface area contributed by atoms with E-state index in [4.69, 9.17) is 21.9 Å². The minimum atomic E-state index is -1.00. The number of carbonyl (C=O) groups excluding carboxylic acids is 3. The number of guanidine groups is 1. The zero-order valence-electron chi connectivity index (χ0n) is 19.2. The minimum Gasteiger partial charge on any atom is -0.444 e. The number of rotatable bonds is 10. The number of fused-ring (bicyclic) bond motifs is 1. The average molecular weight is 460 g/mol. The quantitative estimate of drug-likeness (QED) is 0.171. The highest BCUT2D eigenvalue weighted by molar-refractivity contribution is 5.92. The molecule has 11 nitrogen and oxygen atoms in total. The van der Waals surface area contributed by atoms with Crippen LogP contribution in [0, 0.1) is 0 Å². The van der Waals surface area contributed by atoms with E-state index in [2.05, 4.69) is 20.6 Å². The van der Waals surface area contributed by atoms with Crippen molar-refractivity contribution >= 4 is 34.8 Å². The van der Waals surface area contributed by atoms with Gasteiger partial charge in [-0.15, -0.1) is 0 Å². The number of hydrogen-bond donors (Lipinski definition) is 6. The van der Waals surface area contributed by atoms with Crippen LogP contribution in [0.3, 0.4) is 0 Å². The molecule has 0 bridgehead atoms. The van der Waals surface area contributed by atoms with Crippen LogP contribution in [-0.4, -0.2) is 53.1 Å². The van der Waals surface area contributed by atoms with Gasteiger partial charge in [0.25, 0.3) is 0 Å². The maximum Gasteiger partial charge on any atom is 0.408 e. The fourth-order valence-electron chi connectivity index (χ4n) is 3.24. The number of aromatic nitrogens is 1.